The van der Waals surface area contributed by atoms with Crippen LogP contribution in [-0.2, 0) is 9.53 Å². The number of halogens is 5. The Morgan fingerprint density at radius 2 is 1.79 bits per heavy atom. The van der Waals surface area contributed by atoms with E-state index < -0.39 is 18.3 Å². The van der Waals surface area contributed by atoms with E-state index in [-0.39, 0.29) is 54.0 Å². The lowest BCUT2D eigenvalue weighted by molar-refractivity contribution is -0.352. The van der Waals surface area contributed by atoms with Crippen LogP contribution in [0.25, 0.3) is 0 Å². The molecule has 0 unspecified atom stereocenters. The first kappa shape index (κ1) is 23.7. The highest BCUT2D eigenvalue weighted by molar-refractivity contribution is 6.30. The molecule has 1 aromatic carbocycles. The van der Waals surface area contributed by atoms with Crippen molar-refractivity contribution in [1.29, 1.82) is 0 Å². The molecule has 1 amide bonds. The summed E-state index contributed by atoms with van der Waals surface area (Å²) in [5, 5.41) is 11.0. The van der Waals surface area contributed by atoms with E-state index in [4.69, 9.17) is 20.8 Å². The first-order chi connectivity index (χ1) is 15.7. The normalized spacial score (nSPS) is 25.4. The molecule has 0 spiro atoms. The van der Waals surface area contributed by atoms with Gasteiger partial charge in [-0.3, -0.25) is 9.53 Å². The molecule has 2 aromatic rings. The van der Waals surface area contributed by atoms with Crippen molar-refractivity contribution in [2.24, 2.45) is 0 Å². The second kappa shape index (κ2) is 9.84. The van der Waals surface area contributed by atoms with Crippen LogP contribution in [0.3, 0.4) is 0 Å². The van der Waals surface area contributed by atoms with Gasteiger partial charge in [0.1, 0.15) is 11.6 Å². The quantitative estimate of drug-likeness (QED) is 0.556. The Balaban J connectivity index is 1.18. The molecule has 4 rings (SSSR count). The summed E-state index contributed by atoms with van der Waals surface area (Å²) in [4.78, 5) is 12.1. The van der Waals surface area contributed by atoms with Crippen LogP contribution in [0.2, 0.25) is 5.02 Å². The fourth-order valence-corrected chi connectivity index (χ4v) is 4.22. The number of rotatable bonds is 7. The summed E-state index contributed by atoms with van der Waals surface area (Å²) in [7, 11) is 0. The predicted molar refractivity (Wildman–Crippen MR) is 107 cm³/mol. The topological polar surface area (TPSA) is 86.5 Å². The number of ether oxygens (including phenoxy) is 2. The van der Waals surface area contributed by atoms with Gasteiger partial charge in [0.2, 0.25) is 11.8 Å². The largest absolute Gasteiger partial charge is 0.522 e. The number of nitrogens with one attached hydrogen (secondary N) is 1. The summed E-state index contributed by atoms with van der Waals surface area (Å²) in [6.45, 7) is -0.242. The summed E-state index contributed by atoms with van der Waals surface area (Å²) in [6.07, 6.45) is -2.25. The number of hydrogen-bond acceptors (Lipinski definition) is 6. The molecule has 7 nitrogen and oxygen atoms in total. The lowest BCUT2D eigenvalue weighted by atomic mass is 9.82. The average Bonchev–Trinajstić information content (AvgIpc) is 3.21. The van der Waals surface area contributed by atoms with Crippen molar-refractivity contribution < 1.29 is 36.2 Å². The van der Waals surface area contributed by atoms with Crippen LogP contribution in [0.1, 0.15) is 62.1 Å². The number of aromatic nitrogens is 2. The van der Waals surface area contributed by atoms with Crippen molar-refractivity contribution in [2.75, 3.05) is 6.61 Å². The zero-order valence-electron chi connectivity index (χ0n) is 17.4. The highest BCUT2D eigenvalue weighted by atomic mass is 35.5. The molecule has 1 heterocycles. The fourth-order valence-electron chi connectivity index (χ4n) is 4.10. The van der Waals surface area contributed by atoms with Gasteiger partial charge in [0.25, 0.3) is 5.91 Å². The van der Waals surface area contributed by atoms with Gasteiger partial charge < -0.3 is 14.5 Å². The molecular formula is C21H22ClF4N3O4. The Labute approximate surface area is 191 Å². The van der Waals surface area contributed by atoms with Gasteiger partial charge in [0.05, 0.1) is 11.1 Å². The number of hydrogen-bond donors (Lipinski definition) is 1. The Hall–Kier alpha value is -2.40. The summed E-state index contributed by atoms with van der Waals surface area (Å²) in [6, 6.07) is 3.92. The van der Waals surface area contributed by atoms with Gasteiger partial charge >= 0.3 is 6.36 Å². The number of carbonyl (C=O) groups excluding carboxylic acids is 1. The predicted octanol–water partition coefficient (Wildman–Crippen LogP) is 4.87. The molecule has 1 N–H and O–H groups in total. The molecular weight excluding hydrogens is 470 g/mol. The minimum absolute atomic E-state index is 0.0238. The van der Waals surface area contributed by atoms with Gasteiger partial charge in [-0.25, -0.2) is 4.39 Å². The van der Waals surface area contributed by atoms with Crippen molar-refractivity contribution in [3.63, 3.8) is 0 Å². The first-order valence-electron chi connectivity index (χ1n) is 10.6. The third-order valence-corrected chi connectivity index (χ3v) is 6.21. The van der Waals surface area contributed by atoms with E-state index in [2.05, 4.69) is 20.3 Å². The minimum atomic E-state index is -4.64. The maximum Gasteiger partial charge on any atom is 0.522 e. The molecule has 2 saturated carbocycles. The molecule has 0 aliphatic heterocycles. The van der Waals surface area contributed by atoms with Crippen LogP contribution in [-0.4, -0.2) is 41.2 Å². The monoisotopic (exact) mass is 491 g/mol. The van der Waals surface area contributed by atoms with Crippen molar-refractivity contribution in [2.45, 2.75) is 68.9 Å². The van der Waals surface area contributed by atoms with E-state index in [0.29, 0.717) is 24.6 Å². The van der Waals surface area contributed by atoms with E-state index >= 15 is 0 Å². The molecule has 0 radical (unpaired) electrons. The van der Waals surface area contributed by atoms with Gasteiger partial charge in [-0.05, 0) is 50.7 Å². The molecule has 2 fully saturated rings. The van der Waals surface area contributed by atoms with Crippen molar-refractivity contribution in [3.05, 3.63) is 40.8 Å². The standard InChI is InChI=1S/C21H22ClF4N3O4/c22-16-6-5-14(9-17(16)23)31-10-18(30)27-13-3-1-11(2-4-13)19-28-29-20(32-19)12-7-15(8-12)33-21(24,25)26/h5-6,9,11-13,15H,1-4,7-8,10H2,(H,27,30)/t11?,12-,13?,15+. The van der Waals surface area contributed by atoms with Gasteiger partial charge in [0, 0.05) is 23.9 Å². The van der Waals surface area contributed by atoms with E-state index in [0.717, 1.165) is 18.9 Å². The molecule has 33 heavy (non-hydrogen) atoms. The van der Waals surface area contributed by atoms with Crippen molar-refractivity contribution in [3.8, 4) is 5.75 Å². The van der Waals surface area contributed by atoms with Gasteiger partial charge in [-0.15, -0.1) is 23.4 Å². The average molecular weight is 492 g/mol. The summed E-state index contributed by atoms with van der Waals surface area (Å²) in [5.74, 6) is -0.0799. The van der Waals surface area contributed by atoms with Gasteiger partial charge in [-0.1, -0.05) is 11.6 Å². The van der Waals surface area contributed by atoms with E-state index in [1.807, 2.05) is 0 Å². The maximum absolute atomic E-state index is 13.4. The summed E-state index contributed by atoms with van der Waals surface area (Å²) < 4.78 is 65.1. The lowest BCUT2D eigenvalue weighted by Crippen LogP contribution is -2.39. The van der Waals surface area contributed by atoms with Gasteiger partial charge in [0.15, 0.2) is 6.61 Å². The Morgan fingerprint density at radius 1 is 1.12 bits per heavy atom. The molecule has 2 aliphatic rings. The number of carbonyl (C=O) groups is 1. The second-order valence-electron chi connectivity index (χ2n) is 8.31. The van der Waals surface area contributed by atoms with E-state index in [9.17, 15) is 22.4 Å². The minimum Gasteiger partial charge on any atom is -0.484 e. The lowest BCUT2D eigenvalue weighted by Gasteiger charge is -2.33. The molecule has 0 atom stereocenters. The van der Waals surface area contributed by atoms with Gasteiger partial charge in [-0.2, -0.15) is 0 Å². The van der Waals surface area contributed by atoms with Crippen LogP contribution >= 0.6 is 11.6 Å². The van der Waals surface area contributed by atoms with Crippen LogP contribution in [0.5, 0.6) is 5.75 Å². The molecule has 0 bridgehead atoms. The SMILES string of the molecule is O=C(COc1ccc(Cl)c(F)c1)NC1CCC(c2nnc([C@H]3C[C@@H](OC(F)(F)F)C3)o2)CC1. The number of benzene rings is 1. The summed E-state index contributed by atoms with van der Waals surface area (Å²) in [5.41, 5.74) is 0. The molecule has 180 valence electrons. The second-order valence-corrected chi connectivity index (χ2v) is 8.72. The smallest absolute Gasteiger partial charge is 0.484 e. The number of alkyl halides is 3. The third-order valence-electron chi connectivity index (χ3n) is 5.90. The first-order valence-corrected chi connectivity index (χ1v) is 11.0. The summed E-state index contributed by atoms with van der Waals surface area (Å²) >= 11 is 5.61. The Bertz CT molecular complexity index is 973. The molecule has 0 saturated heterocycles. The molecule has 2 aliphatic carbocycles. The fraction of sp³-hybridized carbons (Fsp3) is 0.571. The van der Waals surface area contributed by atoms with Crippen LogP contribution < -0.4 is 10.1 Å². The van der Waals surface area contributed by atoms with Crippen LogP contribution in [0, 0.1) is 5.82 Å². The molecule has 1 aromatic heterocycles. The van der Waals surface area contributed by atoms with E-state index in [1.54, 1.807) is 0 Å². The van der Waals surface area contributed by atoms with Crippen molar-refractivity contribution in [1.82, 2.24) is 15.5 Å². The Morgan fingerprint density at radius 3 is 2.42 bits per heavy atom. The maximum atomic E-state index is 13.4. The van der Waals surface area contributed by atoms with E-state index in [1.165, 1.54) is 12.1 Å². The number of amides is 1. The zero-order chi connectivity index (χ0) is 23.6. The van der Waals surface area contributed by atoms with Crippen molar-refractivity contribution >= 4 is 17.5 Å². The highest BCUT2D eigenvalue weighted by Crippen LogP contribution is 2.42. The number of nitrogens with zero attached hydrogens (tertiary/aromatic N) is 2. The molecule has 12 heteroatoms. The van der Waals surface area contributed by atoms with Crippen LogP contribution in [0.4, 0.5) is 17.6 Å². The van der Waals surface area contributed by atoms with Crippen LogP contribution in [0.15, 0.2) is 22.6 Å². The zero-order valence-corrected chi connectivity index (χ0v) is 18.2. The highest BCUT2D eigenvalue weighted by Gasteiger charge is 2.42. The third kappa shape index (κ3) is 6.35. The Kier molecular flexibility index (Phi) is 7.08.